The number of non-ortho nitro benzene ring substituents is 1. The molecular weight excluding hydrogens is 316 g/mol. The van der Waals surface area contributed by atoms with Gasteiger partial charge in [-0.25, -0.2) is 0 Å². The molecule has 0 bridgehead atoms. The molecule has 1 aromatic rings. The van der Waals surface area contributed by atoms with Crippen LogP contribution >= 0.6 is 0 Å². The van der Waals surface area contributed by atoms with Crippen molar-refractivity contribution in [3.63, 3.8) is 0 Å². The number of nitrogens with one attached hydrogen (secondary N) is 1. The molecule has 0 atom stereocenters. The van der Waals surface area contributed by atoms with E-state index in [1.54, 1.807) is 18.2 Å². The van der Waals surface area contributed by atoms with Crippen LogP contribution in [0.5, 0.6) is 0 Å². The number of carbonyl (C=O) groups excluding carboxylic acids is 1. The second kappa shape index (κ2) is 13.2. The van der Waals surface area contributed by atoms with Crippen molar-refractivity contribution in [2.24, 2.45) is 0 Å². The monoisotopic (exact) mass is 346 g/mol. The molecule has 5 nitrogen and oxygen atoms in total. The topological polar surface area (TPSA) is 72.2 Å². The lowest BCUT2D eigenvalue weighted by Crippen LogP contribution is -2.21. The Bertz CT molecular complexity index is 556. The van der Waals surface area contributed by atoms with Crippen LogP contribution in [-0.2, 0) is 4.79 Å². The fourth-order valence-corrected chi connectivity index (χ4v) is 2.62. The second-order valence-corrected chi connectivity index (χ2v) is 6.30. The molecule has 0 aliphatic carbocycles. The summed E-state index contributed by atoms with van der Waals surface area (Å²) in [6, 6.07) is 6.22. The van der Waals surface area contributed by atoms with E-state index in [9.17, 15) is 14.9 Å². The van der Waals surface area contributed by atoms with E-state index in [0.29, 0.717) is 12.1 Å². The van der Waals surface area contributed by atoms with Crippen LogP contribution in [0.3, 0.4) is 0 Å². The maximum atomic E-state index is 11.7. The molecule has 0 saturated heterocycles. The maximum absolute atomic E-state index is 11.7. The van der Waals surface area contributed by atoms with Gasteiger partial charge < -0.3 is 5.32 Å². The minimum atomic E-state index is -0.443. The summed E-state index contributed by atoms with van der Waals surface area (Å²) in [6.07, 6.45) is 14.3. The Hall–Kier alpha value is -2.17. The summed E-state index contributed by atoms with van der Waals surface area (Å²) in [5, 5.41) is 13.6. The van der Waals surface area contributed by atoms with Crippen LogP contribution in [0.2, 0.25) is 0 Å². The molecule has 1 rings (SSSR count). The number of rotatable bonds is 13. The second-order valence-electron chi connectivity index (χ2n) is 6.30. The first-order chi connectivity index (χ1) is 12.1. The predicted octanol–water partition coefficient (Wildman–Crippen LogP) is 5.26. The minimum absolute atomic E-state index is 0.0252. The van der Waals surface area contributed by atoms with Gasteiger partial charge in [0, 0.05) is 24.8 Å². The number of unbranched alkanes of at least 4 members (excludes halogenated alkanes) is 8. The molecule has 5 heteroatoms. The van der Waals surface area contributed by atoms with E-state index in [1.807, 2.05) is 0 Å². The van der Waals surface area contributed by atoms with Gasteiger partial charge in [0.2, 0.25) is 5.91 Å². The van der Waals surface area contributed by atoms with E-state index in [0.717, 1.165) is 12.8 Å². The SMILES string of the molecule is CCCCCCCCCCCNC(=O)/C=C/c1cccc([N+](=O)[O-])c1. The third-order valence-electron chi connectivity index (χ3n) is 4.09. The molecule has 0 unspecified atom stereocenters. The van der Waals surface area contributed by atoms with Crippen molar-refractivity contribution in [3.05, 3.63) is 46.0 Å². The lowest BCUT2D eigenvalue weighted by Gasteiger charge is -2.03. The lowest BCUT2D eigenvalue weighted by molar-refractivity contribution is -0.384. The third kappa shape index (κ3) is 10.3. The van der Waals surface area contributed by atoms with Gasteiger partial charge in [0.15, 0.2) is 0 Å². The van der Waals surface area contributed by atoms with Crippen molar-refractivity contribution in [3.8, 4) is 0 Å². The first-order valence-electron chi connectivity index (χ1n) is 9.34. The molecule has 0 radical (unpaired) electrons. The number of hydrogen-bond donors (Lipinski definition) is 1. The Kier molecular flexibility index (Phi) is 11.0. The molecule has 138 valence electrons. The van der Waals surface area contributed by atoms with Crippen molar-refractivity contribution in [1.29, 1.82) is 0 Å². The number of carbonyl (C=O) groups is 1. The summed E-state index contributed by atoms with van der Waals surface area (Å²) in [5.74, 6) is -0.161. The van der Waals surface area contributed by atoms with Gasteiger partial charge in [-0.1, -0.05) is 70.4 Å². The van der Waals surface area contributed by atoms with Gasteiger partial charge >= 0.3 is 0 Å². The highest BCUT2D eigenvalue weighted by atomic mass is 16.6. The molecule has 1 N–H and O–H groups in total. The lowest BCUT2D eigenvalue weighted by atomic mass is 10.1. The average Bonchev–Trinajstić information content (AvgIpc) is 2.61. The first-order valence-corrected chi connectivity index (χ1v) is 9.34. The third-order valence-corrected chi connectivity index (χ3v) is 4.09. The van der Waals surface area contributed by atoms with E-state index < -0.39 is 4.92 Å². The van der Waals surface area contributed by atoms with Gasteiger partial charge in [0.25, 0.3) is 5.69 Å². The molecule has 0 fully saturated rings. The largest absolute Gasteiger partial charge is 0.353 e. The Labute approximate surface area is 150 Å². The van der Waals surface area contributed by atoms with E-state index in [2.05, 4.69) is 12.2 Å². The van der Waals surface area contributed by atoms with Crippen molar-refractivity contribution < 1.29 is 9.72 Å². The number of hydrogen-bond acceptors (Lipinski definition) is 3. The first kappa shape index (κ1) is 20.9. The zero-order valence-electron chi connectivity index (χ0n) is 15.2. The van der Waals surface area contributed by atoms with Crippen LogP contribution in [0.15, 0.2) is 30.3 Å². The molecule has 0 heterocycles. The van der Waals surface area contributed by atoms with E-state index in [-0.39, 0.29) is 11.6 Å². The van der Waals surface area contributed by atoms with Gasteiger partial charge in [0.1, 0.15) is 0 Å². The summed E-state index contributed by atoms with van der Waals surface area (Å²) in [6.45, 7) is 2.90. The van der Waals surface area contributed by atoms with Gasteiger partial charge in [-0.15, -0.1) is 0 Å². The quantitative estimate of drug-likeness (QED) is 0.229. The van der Waals surface area contributed by atoms with Crippen LogP contribution in [0.1, 0.15) is 70.3 Å². The summed E-state index contributed by atoms with van der Waals surface area (Å²) < 4.78 is 0. The predicted molar refractivity (Wildman–Crippen MR) is 102 cm³/mol. The van der Waals surface area contributed by atoms with Crippen molar-refractivity contribution >= 4 is 17.7 Å². The Morgan fingerprint density at radius 3 is 2.36 bits per heavy atom. The smallest absolute Gasteiger partial charge is 0.270 e. The number of benzene rings is 1. The number of nitrogens with zero attached hydrogens (tertiary/aromatic N) is 1. The van der Waals surface area contributed by atoms with Crippen molar-refractivity contribution in [2.75, 3.05) is 6.54 Å². The van der Waals surface area contributed by atoms with E-state index in [1.165, 1.54) is 63.2 Å². The summed E-state index contributed by atoms with van der Waals surface area (Å²) in [5.41, 5.74) is 0.671. The fraction of sp³-hybridized carbons (Fsp3) is 0.550. The molecule has 0 aliphatic heterocycles. The summed E-state index contributed by atoms with van der Waals surface area (Å²) in [7, 11) is 0. The van der Waals surface area contributed by atoms with E-state index in [4.69, 9.17) is 0 Å². The molecular formula is C20H30N2O3. The maximum Gasteiger partial charge on any atom is 0.270 e. The van der Waals surface area contributed by atoms with Crippen LogP contribution in [0.25, 0.3) is 6.08 Å². The molecule has 0 aromatic heterocycles. The van der Waals surface area contributed by atoms with Gasteiger partial charge in [-0.05, 0) is 18.1 Å². The van der Waals surface area contributed by atoms with Crippen LogP contribution < -0.4 is 5.32 Å². The van der Waals surface area contributed by atoms with E-state index >= 15 is 0 Å². The molecule has 0 spiro atoms. The Balaban J connectivity index is 2.11. The minimum Gasteiger partial charge on any atom is -0.353 e. The Morgan fingerprint density at radius 1 is 1.08 bits per heavy atom. The van der Waals surface area contributed by atoms with Gasteiger partial charge in [-0.3, -0.25) is 14.9 Å². The van der Waals surface area contributed by atoms with Gasteiger partial charge in [0.05, 0.1) is 4.92 Å². The van der Waals surface area contributed by atoms with Crippen molar-refractivity contribution in [1.82, 2.24) is 5.32 Å². The Morgan fingerprint density at radius 2 is 1.72 bits per heavy atom. The van der Waals surface area contributed by atoms with Crippen LogP contribution in [0, 0.1) is 10.1 Å². The highest BCUT2D eigenvalue weighted by Crippen LogP contribution is 2.14. The molecule has 0 saturated carbocycles. The molecule has 0 aliphatic rings. The summed E-state index contributed by atoms with van der Waals surface area (Å²) >= 11 is 0. The highest BCUT2D eigenvalue weighted by Gasteiger charge is 2.04. The highest BCUT2D eigenvalue weighted by molar-refractivity contribution is 5.91. The molecule has 1 amide bonds. The standard InChI is InChI=1S/C20H30N2O3/c1-2-3-4-5-6-7-8-9-10-16-21-20(23)15-14-18-12-11-13-19(17-18)22(24)25/h11-15,17H,2-10,16H2,1H3,(H,21,23)/b15-14+. The zero-order valence-corrected chi connectivity index (χ0v) is 15.2. The molecule has 1 aromatic carbocycles. The number of nitro groups is 1. The zero-order chi connectivity index (χ0) is 18.3. The normalized spacial score (nSPS) is 10.9. The number of amides is 1. The average molecular weight is 346 g/mol. The van der Waals surface area contributed by atoms with Gasteiger partial charge in [-0.2, -0.15) is 0 Å². The number of nitro benzene ring substituents is 1. The van der Waals surface area contributed by atoms with Crippen LogP contribution in [0.4, 0.5) is 5.69 Å². The fourth-order valence-electron chi connectivity index (χ4n) is 2.62. The summed E-state index contributed by atoms with van der Waals surface area (Å²) in [4.78, 5) is 22.0. The van der Waals surface area contributed by atoms with Crippen molar-refractivity contribution in [2.45, 2.75) is 64.7 Å². The van der Waals surface area contributed by atoms with Crippen LogP contribution in [-0.4, -0.2) is 17.4 Å². The molecule has 25 heavy (non-hydrogen) atoms.